The molecule has 0 atom stereocenters. The Labute approximate surface area is 127 Å². The number of aromatic nitrogens is 2. The van der Waals surface area contributed by atoms with Gasteiger partial charge in [-0.2, -0.15) is 5.10 Å². The zero-order chi connectivity index (χ0) is 13.9. The SMILES string of the molecule is COc1ccc(Br)cc1Cn1nccc1CNC1CC1. The quantitative estimate of drug-likeness (QED) is 0.882. The molecule has 1 saturated carbocycles. The average molecular weight is 336 g/mol. The third-order valence-corrected chi connectivity index (χ3v) is 4.01. The Balaban J connectivity index is 1.76. The third kappa shape index (κ3) is 3.22. The minimum Gasteiger partial charge on any atom is -0.496 e. The molecule has 1 fully saturated rings. The number of nitrogens with zero attached hydrogens (tertiary/aromatic N) is 2. The molecular formula is C15H18BrN3O. The molecule has 2 aromatic rings. The van der Waals surface area contributed by atoms with E-state index in [1.807, 2.05) is 23.0 Å². The van der Waals surface area contributed by atoms with Gasteiger partial charge in [0, 0.05) is 28.8 Å². The lowest BCUT2D eigenvalue weighted by atomic mass is 10.2. The number of halogens is 1. The smallest absolute Gasteiger partial charge is 0.124 e. The van der Waals surface area contributed by atoms with Crippen molar-refractivity contribution in [2.45, 2.75) is 32.0 Å². The number of ether oxygens (including phenoxy) is 1. The highest BCUT2D eigenvalue weighted by molar-refractivity contribution is 9.10. The molecule has 3 rings (SSSR count). The third-order valence-electron chi connectivity index (χ3n) is 3.52. The molecule has 20 heavy (non-hydrogen) atoms. The van der Waals surface area contributed by atoms with Gasteiger partial charge >= 0.3 is 0 Å². The highest BCUT2D eigenvalue weighted by Gasteiger charge is 2.20. The van der Waals surface area contributed by atoms with Gasteiger partial charge in [0.25, 0.3) is 0 Å². The molecule has 0 saturated heterocycles. The lowest BCUT2D eigenvalue weighted by molar-refractivity contribution is 0.406. The number of hydrogen-bond acceptors (Lipinski definition) is 3. The number of rotatable bonds is 6. The van der Waals surface area contributed by atoms with E-state index in [0.29, 0.717) is 6.04 Å². The van der Waals surface area contributed by atoms with Crippen molar-refractivity contribution in [1.29, 1.82) is 0 Å². The standard InChI is InChI=1S/C15H18BrN3O/c1-20-15-5-2-12(16)8-11(15)10-19-14(6-7-18-19)9-17-13-3-4-13/h2,5-8,13,17H,3-4,9-10H2,1H3. The van der Waals surface area contributed by atoms with Gasteiger partial charge in [0.2, 0.25) is 0 Å². The van der Waals surface area contributed by atoms with E-state index < -0.39 is 0 Å². The first kappa shape index (κ1) is 13.6. The molecule has 106 valence electrons. The molecule has 0 unspecified atom stereocenters. The molecule has 1 heterocycles. The minimum atomic E-state index is 0.707. The number of hydrogen-bond donors (Lipinski definition) is 1. The van der Waals surface area contributed by atoms with Crippen molar-refractivity contribution in [2.24, 2.45) is 0 Å². The van der Waals surface area contributed by atoms with Gasteiger partial charge in [0.05, 0.1) is 19.3 Å². The Morgan fingerprint density at radius 2 is 2.25 bits per heavy atom. The molecule has 4 nitrogen and oxygen atoms in total. The van der Waals surface area contributed by atoms with Crippen LogP contribution in [-0.4, -0.2) is 22.9 Å². The van der Waals surface area contributed by atoms with Crippen LogP contribution < -0.4 is 10.1 Å². The summed E-state index contributed by atoms with van der Waals surface area (Å²) in [5.74, 6) is 0.893. The zero-order valence-corrected chi connectivity index (χ0v) is 13.1. The summed E-state index contributed by atoms with van der Waals surface area (Å²) in [6.45, 7) is 1.60. The molecule has 0 radical (unpaired) electrons. The van der Waals surface area contributed by atoms with Crippen molar-refractivity contribution in [3.05, 3.63) is 46.2 Å². The van der Waals surface area contributed by atoms with Crippen LogP contribution in [0.5, 0.6) is 5.75 Å². The van der Waals surface area contributed by atoms with Gasteiger partial charge in [-0.1, -0.05) is 15.9 Å². The molecule has 5 heteroatoms. The molecule has 0 aliphatic heterocycles. The summed E-state index contributed by atoms with van der Waals surface area (Å²) in [5, 5.41) is 7.94. The van der Waals surface area contributed by atoms with Gasteiger partial charge in [0.15, 0.2) is 0 Å². The van der Waals surface area contributed by atoms with Gasteiger partial charge in [-0.05, 0) is 37.1 Å². The van der Waals surface area contributed by atoms with E-state index >= 15 is 0 Å². The summed E-state index contributed by atoms with van der Waals surface area (Å²) in [6.07, 6.45) is 4.45. The number of benzene rings is 1. The topological polar surface area (TPSA) is 39.1 Å². The summed E-state index contributed by atoms with van der Waals surface area (Å²) in [5.41, 5.74) is 2.33. The van der Waals surface area contributed by atoms with E-state index in [-0.39, 0.29) is 0 Å². The molecular weight excluding hydrogens is 318 g/mol. The van der Waals surface area contributed by atoms with Crippen LogP contribution in [-0.2, 0) is 13.1 Å². The maximum Gasteiger partial charge on any atom is 0.124 e. The second-order valence-corrected chi connectivity index (χ2v) is 6.01. The molecule has 1 aromatic heterocycles. The fraction of sp³-hybridized carbons (Fsp3) is 0.400. The van der Waals surface area contributed by atoms with Crippen molar-refractivity contribution in [3.63, 3.8) is 0 Å². The molecule has 1 N–H and O–H groups in total. The first-order valence-electron chi connectivity index (χ1n) is 6.83. The highest BCUT2D eigenvalue weighted by atomic mass is 79.9. The number of methoxy groups -OCH3 is 1. The van der Waals surface area contributed by atoms with Crippen molar-refractivity contribution in [1.82, 2.24) is 15.1 Å². The predicted molar refractivity (Wildman–Crippen MR) is 81.9 cm³/mol. The molecule has 1 aliphatic rings. The van der Waals surface area contributed by atoms with Crippen LogP contribution in [0.4, 0.5) is 0 Å². The van der Waals surface area contributed by atoms with Gasteiger partial charge in [-0.25, -0.2) is 0 Å². The Kier molecular flexibility index (Phi) is 4.08. The van der Waals surface area contributed by atoms with Gasteiger partial charge in [0.1, 0.15) is 5.75 Å². The van der Waals surface area contributed by atoms with Gasteiger partial charge in [-0.15, -0.1) is 0 Å². The fourth-order valence-corrected chi connectivity index (χ4v) is 2.63. The molecule has 0 bridgehead atoms. The maximum atomic E-state index is 5.42. The van der Waals surface area contributed by atoms with Crippen molar-refractivity contribution >= 4 is 15.9 Å². The lowest BCUT2D eigenvalue weighted by Crippen LogP contribution is -2.19. The first-order valence-corrected chi connectivity index (χ1v) is 7.62. The summed E-state index contributed by atoms with van der Waals surface area (Å²) in [7, 11) is 1.70. The molecule has 0 spiro atoms. The summed E-state index contributed by atoms with van der Waals surface area (Å²) in [4.78, 5) is 0. The van der Waals surface area contributed by atoms with Crippen LogP contribution >= 0.6 is 15.9 Å². The summed E-state index contributed by atoms with van der Waals surface area (Å²) < 4.78 is 8.50. The molecule has 1 aliphatic carbocycles. The molecule has 0 amide bonds. The van der Waals surface area contributed by atoms with Crippen LogP contribution in [0.25, 0.3) is 0 Å². The Morgan fingerprint density at radius 1 is 1.40 bits per heavy atom. The van der Waals surface area contributed by atoms with E-state index in [0.717, 1.165) is 28.9 Å². The van der Waals surface area contributed by atoms with Crippen LogP contribution in [0, 0.1) is 0 Å². The average Bonchev–Trinajstić information content (AvgIpc) is 3.17. The van der Waals surface area contributed by atoms with Crippen molar-refractivity contribution in [3.8, 4) is 5.75 Å². The van der Waals surface area contributed by atoms with Crippen LogP contribution in [0.3, 0.4) is 0 Å². The maximum absolute atomic E-state index is 5.42. The lowest BCUT2D eigenvalue weighted by Gasteiger charge is -2.12. The Hall–Kier alpha value is -1.33. The summed E-state index contributed by atoms with van der Waals surface area (Å²) in [6, 6.07) is 8.82. The van der Waals surface area contributed by atoms with Crippen LogP contribution in [0.2, 0.25) is 0 Å². The Morgan fingerprint density at radius 3 is 3.00 bits per heavy atom. The normalized spacial score (nSPS) is 14.5. The Bertz CT molecular complexity index is 593. The first-order chi connectivity index (χ1) is 9.76. The second kappa shape index (κ2) is 5.97. The van der Waals surface area contributed by atoms with E-state index in [1.165, 1.54) is 18.5 Å². The summed E-state index contributed by atoms with van der Waals surface area (Å²) >= 11 is 3.51. The predicted octanol–water partition coefficient (Wildman–Crippen LogP) is 2.95. The second-order valence-electron chi connectivity index (χ2n) is 5.09. The van der Waals surface area contributed by atoms with Crippen molar-refractivity contribution < 1.29 is 4.74 Å². The van der Waals surface area contributed by atoms with Crippen LogP contribution in [0.15, 0.2) is 34.9 Å². The van der Waals surface area contributed by atoms with Gasteiger partial charge in [-0.3, -0.25) is 4.68 Å². The zero-order valence-electron chi connectivity index (χ0n) is 11.5. The van der Waals surface area contributed by atoms with E-state index in [2.05, 4.69) is 38.5 Å². The highest BCUT2D eigenvalue weighted by Crippen LogP contribution is 2.24. The number of nitrogens with one attached hydrogen (secondary N) is 1. The van der Waals surface area contributed by atoms with E-state index in [1.54, 1.807) is 7.11 Å². The van der Waals surface area contributed by atoms with E-state index in [4.69, 9.17) is 4.74 Å². The molecule has 1 aromatic carbocycles. The largest absolute Gasteiger partial charge is 0.496 e. The van der Waals surface area contributed by atoms with Crippen molar-refractivity contribution in [2.75, 3.05) is 7.11 Å². The van der Waals surface area contributed by atoms with E-state index in [9.17, 15) is 0 Å². The minimum absolute atomic E-state index is 0.707. The monoisotopic (exact) mass is 335 g/mol. The van der Waals surface area contributed by atoms with Gasteiger partial charge < -0.3 is 10.1 Å². The fourth-order valence-electron chi connectivity index (χ4n) is 2.22. The van der Waals surface area contributed by atoms with Crippen LogP contribution in [0.1, 0.15) is 24.1 Å².